The van der Waals surface area contributed by atoms with Gasteiger partial charge in [0.15, 0.2) is 0 Å². The molecule has 0 aromatic heterocycles. The zero-order valence-corrected chi connectivity index (χ0v) is 20.8. The molecule has 1 aromatic rings. The van der Waals surface area contributed by atoms with E-state index in [-0.39, 0.29) is 30.8 Å². The Morgan fingerprint density at radius 1 is 1.00 bits per heavy atom. The van der Waals surface area contributed by atoms with Crippen LogP contribution in [0.3, 0.4) is 0 Å². The molecule has 11 nitrogen and oxygen atoms in total. The smallest absolute Gasteiger partial charge is 0.492 e. The summed E-state index contributed by atoms with van der Waals surface area (Å²) in [5.74, 6) is -0.623. The van der Waals surface area contributed by atoms with Gasteiger partial charge in [-0.1, -0.05) is 18.2 Å². The summed E-state index contributed by atoms with van der Waals surface area (Å²) >= 11 is 0. The summed E-state index contributed by atoms with van der Waals surface area (Å²) in [6.07, 6.45) is -1.52. The molecule has 0 bridgehead atoms. The van der Waals surface area contributed by atoms with Crippen molar-refractivity contribution in [3.8, 4) is 5.75 Å². The van der Waals surface area contributed by atoms with Crippen LogP contribution in [0.1, 0.15) is 47.1 Å². The number of alkyl carbamates (subject to hydrolysis) is 2. The Kier molecular flexibility index (Phi) is 10.7. The largest absolute Gasteiger partial charge is 0.492 e. The lowest BCUT2D eigenvalue weighted by molar-refractivity contribution is -0.143. The van der Waals surface area contributed by atoms with Crippen LogP contribution < -0.4 is 20.8 Å². The van der Waals surface area contributed by atoms with E-state index in [2.05, 4.69) is 10.6 Å². The highest BCUT2D eigenvalue weighted by Gasteiger charge is 2.28. The SMILES string of the molecule is COC(=O)[C@H](Cc1cccc(B(O)O)c1OCCNC(=O)OC(C)(C)C)NC(=O)OC(C)(C)C. The fourth-order valence-electron chi connectivity index (χ4n) is 2.77. The Hall–Kier alpha value is -2.99. The fraction of sp³-hybridized carbons (Fsp3) is 0.591. The molecule has 2 amide bonds. The van der Waals surface area contributed by atoms with E-state index in [0.29, 0.717) is 5.56 Å². The van der Waals surface area contributed by atoms with Crippen molar-refractivity contribution in [1.82, 2.24) is 10.6 Å². The van der Waals surface area contributed by atoms with E-state index in [4.69, 9.17) is 18.9 Å². The second-order valence-corrected chi connectivity index (χ2v) is 9.41. The second-order valence-electron chi connectivity index (χ2n) is 9.41. The molecule has 190 valence electrons. The molecule has 0 aliphatic heterocycles. The van der Waals surface area contributed by atoms with Crippen LogP contribution in [0.4, 0.5) is 9.59 Å². The average Bonchev–Trinajstić information content (AvgIpc) is 2.67. The van der Waals surface area contributed by atoms with Crippen molar-refractivity contribution in [3.63, 3.8) is 0 Å². The predicted molar refractivity (Wildman–Crippen MR) is 125 cm³/mol. The molecule has 0 saturated heterocycles. The molecule has 4 N–H and O–H groups in total. The number of hydrogen-bond acceptors (Lipinski definition) is 9. The minimum Gasteiger partial charge on any atom is -0.492 e. The number of ether oxygens (including phenoxy) is 4. The van der Waals surface area contributed by atoms with E-state index in [1.165, 1.54) is 13.2 Å². The summed E-state index contributed by atoms with van der Waals surface area (Å²) < 4.78 is 20.9. The maximum Gasteiger partial charge on any atom is 0.492 e. The lowest BCUT2D eigenvalue weighted by atomic mass is 9.78. The molecule has 0 saturated carbocycles. The molecule has 12 heteroatoms. The predicted octanol–water partition coefficient (Wildman–Crippen LogP) is 0.879. The van der Waals surface area contributed by atoms with E-state index >= 15 is 0 Å². The molecule has 0 aliphatic rings. The summed E-state index contributed by atoms with van der Waals surface area (Å²) in [5, 5.41) is 24.5. The van der Waals surface area contributed by atoms with Crippen LogP contribution in [-0.4, -0.2) is 72.8 Å². The molecule has 0 unspecified atom stereocenters. The van der Waals surface area contributed by atoms with Gasteiger partial charge in [0.1, 0.15) is 29.6 Å². The van der Waals surface area contributed by atoms with Crippen LogP contribution in [0, 0.1) is 0 Å². The lowest BCUT2D eigenvalue weighted by Crippen LogP contribution is -2.45. The monoisotopic (exact) mass is 482 g/mol. The molecule has 1 rings (SSSR count). The number of carbonyl (C=O) groups excluding carboxylic acids is 3. The first-order valence-electron chi connectivity index (χ1n) is 10.8. The number of carbonyl (C=O) groups is 3. The van der Waals surface area contributed by atoms with Gasteiger partial charge < -0.3 is 39.6 Å². The molecular weight excluding hydrogens is 447 g/mol. The van der Waals surface area contributed by atoms with Crippen molar-refractivity contribution < 1.29 is 43.4 Å². The zero-order valence-electron chi connectivity index (χ0n) is 20.8. The second kappa shape index (κ2) is 12.5. The van der Waals surface area contributed by atoms with E-state index in [9.17, 15) is 24.4 Å². The number of benzene rings is 1. The Morgan fingerprint density at radius 2 is 1.59 bits per heavy atom. The van der Waals surface area contributed by atoms with Gasteiger partial charge in [-0.05, 0) is 47.1 Å². The van der Waals surface area contributed by atoms with Gasteiger partial charge >= 0.3 is 25.3 Å². The van der Waals surface area contributed by atoms with Gasteiger partial charge in [-0.3, -0.25) is 0 Å². The van der Waals surface area contributed by atoms with Crippen LogP contribution in [0.25, 0.3) is 0 Å². The van der Waals surface area contributed by atoms with E-state index in [0.717, 1.165) is 0 Å². The third kappa shape index (κ3) is 10.8. The molecule has 1 atom stereocenters. The van der Waals surface area contributed by atoms with Crippen molar-refractivity contribution in [2.45, 2.75) is 65.2 Å². The number of amides is 2. The normalized spacial score (nSPS) is 12.3. The first-order chi connectivity index (χ1) is 15.6. The van der Waals surface area contributed by atoms with Gasteiger partial charge in [0.25, 0.3) is 0 Å². The quantitative estimate of drug-likeness (QED) is 0.174. The number of methoxy groups -OCH3 is 1. The highest BCUT2D eigenvalue weighted by molar-refractivity contribution is 6.59. The van der Waals surface area contributed by atoms with E-state index < -0.39 is 42.5 Å². The van der Waals surface area contributed by atoms with Crippen molar-refractivity contribution in [2.24, 2.45) is 0 Å². The van der Waals surface area contributed by atoms with Crippen LogP contribution in [0.5, 0.6) is 5.75 Å². The fourth-order valence-corrected chi connectivity index (χ4v) is 2.77. The Bertz CT molecular complexity index is 848. The standard InChI is InChI=1S/C22H35BN2O9/c1-21(2,3)33-19(27)24-11-12-32-17-14(9-8-10-15(17)23(29)30)13-16(18(26)31-7)25-20(28)34-22(4,5)6/h8-10,16,29-30H,11-13H2,1-7H3,(H,24,27)(H,25,28)/t16-/m0/s1. The number of nitrogens with one attached hydrogen (secondary N) is 2. The molecule has 0 fully saturated rings. The van der Waals surface area contributed by atoms with Crippen LogP contribution in [0.15, 0.2) is 18.2 Å². The number of rotatable bonds is 9. The molecule has 0 spiro atoms. The maximum atomic E-state index is 12.3. The Morgan fingerprint density at radius 3 is 2.12 bits per heavy atom. The van der Waals surface area contributed by atoms with Gasteiger partial charge in [-0.2, -0.15) is 0 Å². The zero-order chi connectivity index (χ0) is 26.1. The Balaban J connectivity index is 3.01. The topological polar surface area (TPSA) is 153 Å². The first-order valence-corrected chi connectivity index (χ1v) is 10.8. The summed E-state index contributed by atoms with van der Waals surface area (Å²) in [6.45, 7) is 10.3. The highest BCUT2D eigenvalue weighted by atomic mass is 16.6. The molecule has 0 radical (unpaired) electrons. The molecule has 1 aromatic carbocycles. The minimum absolute atomic E-state index is 0.0294. The summed E-state index contributed by atoms with van der Waals surface area (Å²) in [4.78, 5) is 36.3. The summed E-state index contributed by atoms with van der Waals surface area (Å²) in [5.41, 5.74) is -0.985. The van der Waals surface area contributed by atoms with Gasteiger partial charge in [0.2, 0.25) is 0 Å². The van der Waals surface area contributed by atoms with Gasteiger partial charge in [-0.25, -0.2) is 14.4 Å². The average molecular weight is 482 g/mol. The number of esters is 1. The summed E-state index contributed by atoms with van der Waals surface area (Å²) in [6, 6.07) is 3.47. The van der Waals surface area contributed by atoms with Crippen molar-refractivity contribution in [3.05, 3.63) is 23.8 Å². The van der Waals surface area contributed by atoms with Crippen LogP contribution in [-0.2, 0) is 25.4 Å². The van der Waals surface area contributed by atoms with Crippen LogP contribution >= 0.6 is 0 Å². The third-order valence-electron chi connectivity index (χ3n) is 4.02. The van der Waals surface area contributed by atoms with Gasteiger partial charge in [-0.15, -0.1) is 0 Å². The van der Waals surface area contributed by atoms with E-state index in [1.54, 1.807) is 53.7 Å². The molecule has 0 heterocycles. The number of hydrogen-bond donors (Lipinski definition) is 4. The number of para-hydroxylation sites is 1. The molecule has 34 heavy (non-hydrogen) atoms. The van der Waals surface area contributed by atoms with E-state index in [1.807, 2.05) is 0 Å². The van der Waals surface area contributed by atoms with Crippen molar-refractivity contribution in [2.75, 3.05) is 20.3 Å². The summed E-state index contributed by atoms with van der Waals surface area (Å²) in [7, 11) is -0.677. The maximum absolute atomic E-state index is 12.3. The molecular formula is C22H35BN2O9. The van der Waals surface area contributed by atoms with Gasteiger partial charge in [0, 0.05) is 11.9 Å². The van der Waals surface area contributed by atoms with Gasteiger partial charge in [0.05, 0.1) is 13.7 Å². The highest BCUT2D eigenvalue weighted by Crippen LogP contribution is 2.19. The Labute approximate surface area is 200 Å². The van der Waals surface area contributed by atoms with Crippen molar-refractivity contribution >= 4 is 30.7 Å². The minimum atomic E-state index is -1.86. The first kappa shape index (κ1) is 29.0. The van der Waals surface area contributed by atoms with Crippen molar-refractivity contribution in [1.29, 1.82) is 0 Å². The third-order valence-corrected chi connectivity index (χ3v) is 4.02. The van der Waals surface area contributed by atoms with Crippen LogP contribution in [0.2, 0.25) is 0 Å². The molecule has 0 aliphatic carbocycles. The lowest BCUT2D eigenvalue weighted by Gasteiger charge is -2.23.